The molecule has 4 bridgehead atoms. The molecule has 87 heavy (non-hydrogen) atoms. The summed E-state index contributed by atoms with van der Waals surface area (Å²) in [6.45, 7) is 6.41. The van der Waals surface area contributed by atoms with Gasteiger partial charge in [-0.3, -0.25) is 33.6 Å². The number of amides is 7. The van der Waals surface area contributed by atoms with Crippen LogP contribution in [0, 0.1) is 5.92 Å². The molecule has 3 heterocycles. The summed E-state index contributed by atoms with van der Waals surface area (Å²) in [5, 5.41) is 84.7. The molecule has 462 valence electrons. The Kier molecular flexibility index (Phi) is 21.7. The van der Waals surface area contributed by atoms with E-state index in [4.69, 9.17) is 53.6 Å². The van der Waals surface area contributed by atoms with Crippen LogP contribution in [0.2, 0.25) is 10.0 Å². The predicted molar refractivity (Wildman–Crippen MR) is 310 cm³/mol. The van der Waals surface area contributed by atoms with E-state index in [9.17, 15) is 74.1 Å². The Morgan fingerprint density at radius 2 is 1.55 bits per heavy atom. The smallest absolute Gasteiger partial charge is 0.330 e. The molecule has 15 N–H and O–H groups in total. The van der Waals surface area contributed by atoms with Crippen LogP contribution < -0.4 is 46.9 Å². The van der Waals surface area contributed by atoms with Crippen molar-refractivity contribution in [2.45, 2.75) is 114 Å². The minimum Gasteiger partial charge on any atom is -0.508 e. The number of hydrogen-bond acceptors (Lipinski definition) is 18. The number of aromatic hydroxyl groups is 3. The third kappa shape index (κ3) is 16.9. The van der Waals surface area contributed by atoms with E-state index in [1.807, 2.05) is 13.8 Å². The van der Waals surface area contributed by atoms with Gasteiger partial charge in [-0.25, -0.2) is 9.79 Å². The largest absolute Gasteiger partial charge is 0.508 e. The van der Waals surface area contributed by atoms with E-state index in [2.05, 4.69) is 33.0 Å². The second kappa shape index (κ2) is 28.9. The molecular weight excluding hydrogens is 1180 g/mol. The zero-order valence-corrected chi connectivity index (χ0v) is 48.2. The Balaban J connectivity index is 1.25. The van der Waals surface area contributed by atoms with Crippen LogP contribution in [0.4, 0.5) is 0 Å². The molecule has 8 unspecified atom stereocenters. The molecule has 3 aliphatic heterocycles. The fraction of sp³-hybridized carbons (Fsp3) is 0.339. The molecule has 1 saturated heterocycles. The molecule has 0 saturated carbocycles. The lowest BCUT2D eigenvalue weighted by molar-refractivity contribution is -0.185. The molecule has 28 heteroatoms. The number of benzene rings is 5. The number of rotatable bonds is 21. The van der Waals surface area contributed by atoms with Crippen LogP contribution in [-0.4, -0.2) is 127 Å². The van der Waals surface area contributed by atoms with Gasteiger partial charge in [0.25, 0.3) is 0 Å². The third-order valence-corrected chi connectivity index (χ3v) is 14.5. The van der Waals surface area contributed by atoms with E-state index in [0.29, 0.717) is 17.5 Å². The van der Waals surface area contributed by atoms with Crippen molar-refractivity contribution >= 4 is 77.2 Å². The van der Waals surface area contributed by atoms with Crippen LogP contribution in [-0.2, 0) is 55.9 Å². The van der Waals surface area contributed by atoms with Gasteiger partial charge < -0.3 is 87.4 Å². The average molecular weight is 1250 g/mol. The molecule has 1 fully saturated rings. The maximum atomic E-state index is 14.2. The maximum Gasteiger partial charge on any atom is 0.330 e. The van der Waals surface area contributed by atoms with Crippen LogP contribution in [0.5, 0.6) is 46.0 Å². The van der Waals surface area contributed by atoms with Gasteiger partial charge in [0.05, 0.1) is 41.7 Å². The predicted octanol–water partition coefficient (Wildman–Crippen LogP) is 4.21. The van der Waals surface area contributed by atoms with Crippen molar-refractivity contribution in [2.75, 3.05) is 6.61 Å². The van der Waals surface area contributed by atoms with Gasteiger partial charge in [0.15, 0.2) is 17.5 Å². The minimum atomic E-state index is -1.93. The van der Waals surface area contributed by atoms with Crippen molar-refractivity contribution in [1.82, 2.24) is 21.3 Å². The monoisotopic (exact) mass is 1240 g/mol. The zero-order valence-electron chi connectivity index (χ0n) is 46.7. The lowest BCUT2D eigenvalue weighted by Crippen LogP contribution is -2.57. The Morgan fingerprint density at radius 3 is 2.21 bits per heavy atom. The molecular formula is C59H63Cl2N7O19. The number of halogens is 2. The van der Waals surface area contributed by atoms with Gasteiger partial charge in [0.2, 0.25) is 53.4 Å². The number of aliphatic imine (C=N–C) groups is 1. The van der Waals surface area contributed by atoms with Crippen molar-refractivity contribution < 1.29 is 93.0 Å². The van der Waals surface area contributed by atoms with Crippen molar-refractivity contribution in [3.8, 4) is 57.1 Å². The van der Waals surface area contributed by atoms with Gasteiger partial charge in [-0.2, -0.15) is 0 Å². The number of aryl methyl sites for hydroxylation is 1. The number of hydrogen-bond donors (Lipinski definition) is 13. The number of fused-ring (bicyclic) bond motifs is 9. The third-order valence-electron chi connectivity index (χ3n) is 13.9. The normalized spacial score (nSPS) is 19.8. The Labute approximate surface area is 506 Å². The first-order valence-electron chi connectivity index (χ1n) is 27.0. The molecule has 7 amide bonds. The lowest BCUT2D eigenvalue weighted by Gasteiger charge is -2.33. The van der Waals surface area contributed by atoms with Crippen LogP contribution in [0.25, 0.3) is 11.1 Å². The van der Waals surface area contributed by atoms with Crippen LogP contribution in [0.1, 0.15) is 98.4 Å². The SMILES string of the molecule is C=NC(=O)Cc1ccc(O)c(-c2c(O)cc(O)cc2C(NC(=O)CCc2ccc(Oc3cc4cc(c3OC3CC(O)CC(CO)O3)Oc3ccc(cc3Cl)C(O)C(NC(=O)CCC(C)C)C(=O)NC(CC(N)=O)C(=O)NC4C(N)=O)c(Cl)c2)C(=O)O)c1. The summed E-state index contributed by atoms with van der Waals surface area (Å²) in [5.74, 6) is -11.3. The quantitative estimate of drug-likeness (QED) is 0.0457. The average Bonchev–Trinajstić information content (AvgIpc) is 1.34. The molecule has 0 radical (unpaired) electrons. The molecule has 0 spiro atoms. The number of aliphatic hydroxyl groups excluding tert-OH is 3. The number of phenolic OH excluding ortho intramolecular Hbond substituents is 3. The number of phenols is 3. The topological polar surface area (TPSA) is 428 Å². The van der Waals surface area contributed by atoms with Crippen LogP contribution in [0.3, 0.4) is 0 Å². The highest BCUT2D eigenvalue weighted by atomic mass is 35.5. The first-order chi connectivity index (χ1) is 41.2. The Bertz CT molecular complexity index is 3490. The number of carbonyl (C=O) groups is 8. The lowest BCUT2D eigenvalue weighted by atomic mass is 9.91. The number of nitrogens with two attached hydrogens (primary N) is 2. The fourth-order valence-electron chi connectivity index (χ4n) is 9.53. The van der Waals surface area contributed by atoms with Crippen molar-refractivity contribution in [2.24, 2.45) is 22.4 Å². The first-order valence-corrected chi connectivity index (χ1v) is 27.8. The number of carbonyl (C=O) groups excluding carboxylic acids is 7. The molecule has 26 nitrogen and oxygen atoms in total. The van der Waals surface area contributed by atoms with Crippen molar-refractivity contribution in [3.05, 3.63) is 117 Å². The number of nitrogens with zero attached hydrogens (tertiary/aromatic N) is 1. The number of carboxylic acids is 1. The van der Waals surface area contributed by atoms with Gasteiger partial charge in [-0.1, -0.05) is 55.2 Å². The van der Waals surface area contributed by atoms with E-state index in [-0.39, 0.29) is 111 Å². The van der Waals surface area contributed by atoms with Gasteiger partial charge >= 0.3 is 5.97 Å². The number of ether oxygens (including phenoxy) is 4. The van der Waals surface area contributed by atoms with Gasteiger partial charge in [-0.15, -0.1) is 0 Å². The number of carboxylic acid groups (broad SMARTS) is 1. The van der Waals surface area contributed by atoms with E-state index in [1.165, 1.54) is 66.7 Å². The highest BCUT2D eigenvalue weighted by molar-refractivity contribution is 6.32. The number of aliphatic hydroxyl groups is 3. The summed E-state index contributed by atoms with van der Waals surface area (Å²) in [4.78, 5) is 109. The molecule has 5 aromatic carbocycles. The molecule has 3 aliphatic rings. The molecule has 0 aliphatic carbocycles. The van der Waals surface area contributed by atoms with E-state index >= 15 is 0 Å². The maximum absolute atomic E-state index is 14.2. The molecule has 8 rings (SSSR count). The highest BCUT2D eigenvalue weighted by Gasteiger charge is 2.38. The molecule has 5 aromatic rings. The molecule has 0 aromatic heterocycles. The minimum absolute atomic E-state index is 0.0306. The van der Waals surface area contributed by atoms with Gasteiger partial charge in [0.1, 0.15) is 53.0 Å². The summed E-state index contributed by atoms with van der Waals surface area (Å²) in [7, 11) is 0. The number of nitrogens with one attached hydrogen (secondary N) is 4. The van der Waals surface area contributed by atoms with Gasteiger partial charge in [0, 0.05) is 48.4 Å². The van der Waals surface area contributed by atoms with Crippen molar-refractivity contribution in [1.29, 1.82) is 0 Å². The Hall–Kier alpha value is -9.05. The molecule has 8 atom stereocenters. The van der Waals surface area contributed by atoms with Crippen LogP contribution >= 0.6 is 23.2 Å². The second-order valence-electron chi connectivity index (χ2n) is 21.0. The van der Waals surface area contributed by atoms with E-state index < -0.39 is 126 Å². The second-order valence-corrected chi connectivity index (χ2v) is 21.8. The summed E-state index contributed by atoms with van der Waals surface area (Å²) in [5.41, 5.74) is 11.2. The number of primary amides is 2. The first kappa shape index (κ1) is 65.5. The van der Waals surface area contributed by atoms with E-state index in [1.54, 1.807) is 0 Å². The summed E-state index contributed by atoms with van der Waals surface area (Å²) in [6, 6.07) is 8.75. The summed E-state index contributed by atoms with van der Waals surface area (Å²) in [6.07, 6.45) is -6.56. The Morgan fingerprint density at radius 1 is 0.816 bits per heavy atom. The van der Waals surface area contributed by atoms with Gasteiger partial charge in [-0.05, 0) is 102 Å². The van der Waals surface area contributed by atoms with Crippen molar-refractivity contribution in [3.63, 3.8) is 0 Å². The number of aliphatic carboxylic acids is 1. The zero-order chi connectivity index (χ0) is 63.6. The fourth-order valence-corrected chi connectivity index (χ4v) is 10.00. The summed E-state index contributed by atoms with van der Waals surface area (Å²) >= 11 is 13.7. The summed E-state index contributed by atoms with van der Waals surface area (Å²) < 4.78 is 25.1. The van der Waals surface area contributed by atoms with E-state index in [0.717, 1.165) is 12.1 Å². The highest BCUT2D eigenvalue weighted by Crippen LogP contribution is 2.48. The van der Waals surface area contributed by atoms with Crippen LogP contribution in [0.15, 0.2) is 83.9 Å². The standard InChI is InChI=1S/C59H63Cl2N7O19/c1-26(2)4-12-46(75)67-53-54(78)29-8-11-42(37(61)17-29)86-44-19-30(51(56(63)79)68-57(80)38(24-45(62)74)65-58(53)81)18-43(55(44)87-49-23-31(70)20-33(25-69)84-49)85-41-10-6-27(15-36(41)60)7-13-47(76)66-52(59(82)83)35-21-32(71)22-40(73)50(35)34-14-28(5-9-39(34)72)16-48(77)64-3/h5-6,8-11,14-15,17-19,21-22,26,31,33,38,49,51-54,69-73,78H,3-4,7,12-13,16,20,23-25H2,1-2H3,(H2,62,74)(H2,63,79)(H,65,81)(H,66,76)(H,67,75)(H,68,80)(H,82,83).